The van der Waals surface area contributed by atoms with Crippen LogP contribution >= 0.6 is 0 Å². The molecule has 0 fully saturated rings. The highest BCUT2D eigenvalue weighted by molar-refractivity contribution is 6.23. The van der Waals surface area contributed by atoms with Crippen LogP contribution in [0.1, 0.15) is 31.1 Å². The molecule has 0 aliphatic rings. The van der Waals surface area contributed by atoms with Gasteiger partial charge in [-0.05, 0) is 26.0 Å². The molecule has 0 aliphatic carbocycles. The smallest absolute Gasteiger partial charge is 0.324 e. The average molecular weight is 291 g/mol. The largest absolute Gasteiger partial charge is 0.465 e. The lowest BCUT2D eigenvalue weighted by Gasteiger charge is -2.14. The van der Waals surface area contributed by atoms with Crippen LogP contribution in [0.15, 0.2) is 24.3 Å². The van der Waals surface area contributed by atoms with E-state index in [1.165, 1.54) is 19.1 Å². The van der Waals surface area contributed by atoms with E-state index in [4.69, 9.17) is 4.74 Å². The Hall–Kier alpha value is -2.50. The van der Waals surface area contributed by atoms with E-state index in [0.29, 0.717) is 0 Å². The zero-order valence-electron chi connectivity index (χ0n) is 12.1. The maximum atomic E-state index is 12.4. The Balaban J connectivity index is 3.18. The van der Waals surface area contributed by atoms with Crippen molar-refractivity contribution < 1.29 is 23.9 Å². The molecule has 6 heteroatoms. The van der Waals surface area contributed by atoms with E-state index in [2.05, 4.69) is 5.32 Å². The first-order valence-corrected chi connectivity index (χ1v) is 6.46. The zero-order valence-corrected chi connectivity index (χ0v) is 12.1. The van der Waals surface area contributed by atoms with Crippen LogP contribution in [0.3, 0.4) is 0 Å². The van der Waals surface area contributed by atoms with Crippen molar-refractivity contribution in [2.45, 2.75) is 20.8 Å². The summed E-state index contributed by atoms with van der Waals surface area (Å²) in [5, 5.41) is 2.50. The van der Waals surface area contributed by atoms with Gasteiger partial charge in [0.15, 0.2) is 17.5 Å². The molecule has 0 bridgehead atoms. The van der Waals surface area contributed by atoms with E-state index in [9.17, 15) is 19.2 Å². The highest BCUT2D eigenvalue weighted by atomic mass is 16.5. The number of para-hydroxylation sites is 1. The molecule has 0 heterocycles. The van der Waals surface area contributed by atoms with Gasteiger partial charge in [0.2, 0.25) is 5.91 Å². The fourth-order valence-corrected chi connectivity index (χ4v) is 1.84. The van der Waals surface area contributed by atoms with Gasteiger partial charge in [-0.2, -0.15) is 0 Å². The van der Waals surface area contributed by atoms with Gasteiger partial charge in [-0.25, -0.2) is 0 Å². The first-order valence-electron chi connectivity index (χ1n) is 6.46. The number of amides is 1. The van der Waals surface area contributed by atoms with Crippen molar-refractivity contribution in [3.05, 3.63) is 29.8 Å². The van der Waals surface area contributed by atoms with Gasteiger partial charge in [0, 0.05) is 12.5 Å². The number of carbonyl (C=O) groups is 4. The molecule has 0 aromatic heterocycles. The van der Waals surface area contributed by atoms with Gasteiger partial charge in [0.1, 0.15) is 0 Å². The summed E-state index contributed by atoms with van der Waals surface area (Å²) in [7, 11) is 0. The fourth-order valence-electron chi connectivity index (χ4n) is 1.84. The third-order valence-electron chi connectivity index (χ3n) is 2.69. The summed E-state index contributed by atoms with van der Waals surface area (Å²) in [6.07, 6.45) is 0. The van der Waals surface area contributed by atoms with E-state index in [-0.39, 0.29) is 23.8 Å². The normalized spacial score (nSPS) is 11.4. The lowest BCUT2D eigenvalue weighted by Crippen LogP contribution is -2.32. The van der Waals surface area contributed by atoms with Crippen molar-refractivity contribution in [2.24, 2.45) is 5.92 Å². The van der Waals surface area contributed by atoms with Crippen molar-refractivity contribution in [2.75, 3.05) is 11.9 Å². The van der Waals surface area contributed by atoms with Gasteiger partial charge in [0.05, 0.1) is 12.3 Å². The van der Waals surface area contributed by atoms with Gasteiger partial charge in [-0.3, -0.25) is 19.2 Å². The quantitative estimate of drug-likeness (QED) is 0.488. The Kier molecular flexibility index (Phi) is 5.78. The number of hydrogen-bond donors (Lipinski definition) is 1. The Morgan fingerprint density at radius 3 is 2.29 bits per heavy atom. The number of carbonyl (C=O) groups excluding carboxylic acids is 4. The van der Waals surface area contributed by atoms with Crippen LogP contribution in [0.25, 0.3) is 0 Å². The van der Waals surface area contributed by atoms with Gasteiger partial charge in [0.25, 0.3) is 0 Å². The molecule has 1 aromatic carbocycles. The van der Waals surface area contributed by atoms with E-state index in [1.54, 1.807) is 19.1 Å². The van der Waals surface area contributed by atoms with Crippen LogP contribution < -0.4 is 5.32 Å². The highest BCUT2D eigenvalue weighted by Crippen LogP contribution is 2.20. The maximum Gasteiger partial charge on any atom is 0.324 e. The van der Waals surface area contributed by atoms with Crippen molar-refractivity contribution >= 4 is 29.1 Å². The summed E-state index contributed by atoms with van der Waals surface area (Å²) in [5.74, 6) is -4.04. The van der Waals surface area contributed by atoms with Crippen molar-refractivity contribution in [1.29, 1.82) is 0 Å². The predicted octanol–water partition coefficient (Wildman–Crippen LogP) is 1.60. The molecule has 1 amide bonds. The summed E-state index contributed by atoms with van der Waals surface area (Å²) in [5.41, 5.74) is 0.353. The van der Waals surface area contributed by atoms with Crippen LogP contribution in [0.5, 0.6) is 0 Å². The summed E-state index contributed by atoms with van der Waals surface area (Å²) in [4.78, 5) is 47.0. The second-order valence-corrected chi connectivity index (χ2v) is 4.39. The molecule has 0 saturated heterocycles. The SMILES string of the molecule is CCOC(=O)[C@@H](C(C)=O)C(=O)c1ccccc1NC(C)=O. The van der Waals surface area contributed by atoms with E-state index in [0.717, 1.165) is 6.92 Å². The van der Waals surface area contributed by atoms with Crippen LogP contribution in [-0.4, -0.2) is 30.0 Å². The van der Waals surface area contributed by atoms with Crippen LogP contribution in [0.4, 0.5) is 5.69 Å². The number of Topliss-reactive ketones (excluding diaryl/α,β-unsaturated/α-hetero) is 2. The number of ether oxygens (including phenoxy) is 1. The zero-order chi connectivity index (χ0) is 16.0. The summed E-state index contributed by atoms with van der Waals surface area (Å²) in [6.45, 7) is 4.11. The molecule has 1 atom stereocenters. The van der Waals surface area contributed by atoms with Crippen molar-refractivity contribution in [3.8, 4) is 0 Å². The molecule has 0 saturated carbocycles. The minimum atomic E-state index is -1.51. The van der Waals surface area contributed by atoms with Gasteiger partial charge in [-0.1, -0.05) is 12.1 Å². The third-order valence-corrected chi connectivity index (χ3v) is 2.69. The summed E-state index contributed by atoms with van der Waals surface area (Å²) < 4.78 is 4.76. The first-order chi connectivity index (χ1) is 9.88. The lowest BCUT2D eigenvalue weighted by atomic mass is 9.93. The second-order valence-electron chi connectivity index (χ2n) is 4.39. The van der Waals surface area contributed by atoms with Gasteiger partial charge < -0.3 is 10.1 Å². The van der Waals surface area contributed by atoms with Gasteiger partial charge in [-0.15, -0.1) is 0 Å². The standard InChI is InChI=1S/C15H17NO5/c1-4-21-15(20)13(9(2)17)14(19)11-7-5-6-8-12(11)16-10(3)18/h5-8,13H,4H2,1-3H3,(H,16,18)/t13-/m0/s1. The molecule has 0 spiro atoms. The fraction of sp³-hybridized carbons (Fsp3) is 0.333. The molecule has 0 unspecified atom stereocenters. The minimum Gasteiger partial charge on any atom is -0.465 e. The van der Waals surface area contributed by atoms with Crippen LogP contribution in [-0.2, 0) is 19.1 Å². The molecule has 1 rings (SSSR count). The molecule has 1 aromatic rings. The van der Waals surface area contributed by atoms with Gasteiger partial charge >= 0.3 is 5.97 Å². The molecule has 21 heavy (non-hydrogen) atoms. The summed E-state index contributed by atoms with van der Waals surface area (Å²) >= 11 is 0. The predicted molar refractivity (Wildman–Crippen MR) is 75.9 cm³/mol. The monoisotopic (exact) mass is 291 g/mol. The Morgan fingerprint density at radius 1 is 1.14 bits per heavy atom. The molecular formula is C15H17NO5. The van der Waals surface area contributed by atoms with E-state index < -0.39 is 23.5 Å². The first kappa shape index (κ1) is 16.6. The number of anilines is 1. The number of rotatable bonds is 6. The highest BCUT2D eigenvalue weighted by Gasteiger charge is 2.34. The van der Waals surface area contributed by atoms with Crippen LogP contribution in [0, 0.1) is 5.92 Å². The number of benzene rings is 1. The number of ketones is 2. The lowest BCUT2D eigenvalue weighted by molar-refractivity contribution is -0.148. The molecule has 0 aliphatic heterocycles. The third kappa shape index (κ3) is 4.24. The molecule has 0 radical (unpaired) electrons. The number of hydrogen-bond acceptors (Lipinski definition) is 5. The summed E-state index contributed by atoms with van der Waals surface area (Å²) in [6, 6.07) is 6.19. The molecule has 6 nitrogen and oxygen atoms in total. The Morgan fingerprint density at radius 2 is 1.76 bits per heavy atom. The minimum absolute atomic E-state index is 0.0727. The van der Waals surface area contributed by atoms with E-state index in [1.807, 2.05) is 0 Å². The Labute approximate surface area is 122 Å². The molecule has 1 N–H and O–H groups in total. The average Bonchev–Trinajstić information content (AvgIpc) is 2.38. The number of nitrogens with one attached hydrogen (secondary N) is 1. The maximum absolute atomic E-state index is 12.4. The number of esters is 1. The van der Waals surface area contributed by atoms with Crippen LogP contribution in [0.2, 0.25) is 0 Å². The topological polar surface area (TPSA) is 89.5 Å². The molecular weight excluding hydrogens is 274 g/mol. The van der Waals surface area contributed by atoms with Crippen molar-refractivity contribution in [3.63, 3.8) is 0 Å². The molecule has 112 valence electrons. The second kappa shape index (κ2) is 7.33. The Bertz CT molecular complexity index is 579. The van der Waals surface area contributed by atoms with E-state index >= 15 is 0 Å². The van der Waals surface area contributed by atoms with Crippen molar-refractivity contribution in [1.82, 2.24) is 0 Å².